The van der Waals surface area contributed by atoms with Crippen molar-refractivity contribution in [3.8, 4) is 5.75 Å². The smallest absolute Gasteiger partial charge is 0.534 e. The average molecular weight is 330 g/mol. The van der Waals surface area contributed by atoms with Crippen LogP contribution in [0.25, 0.3) is 0 Å². The molecule has 1 aliphatic heterocycles. The number of nitrogens with two attached hydrogens (primary N) is 1. The Kier molecular flexibility index (Phi) is 4.06. The highest BCUT2D eigenvalue weighted by Gasteiger charge is 2.37. The van der Waals surface area contributed by atoms with Gasteiger partial charge in [0, 0.05) is 5.38 Å². The molecule has 0 saturated carbocycles. The van der Waals surface area contributed by atoms with Crippen LogP contribution in [0.5, 0.6) is 5.75 Å². The SMILES string of the molecule is Cc1cccc2c1OB(O)[C@@H](NC(=O)C(=N)c1csc(N)n1)C2. The summed E-state index contributed by atoms with van der Waals surface area (Å²) in [6.07, 6.45) is 0.427. The number of hydrogen-bond acceptors (Lipinski definition) is 7. The van der Waals surface area contributed by atoms with Gasteiger partial charge in [0.15, 0.2) is 5.13 Å². The fraction of sp³-hybridized carbons (Fsp3) is 0.214. The number of para-hydroxylation sites is 1. The highest BCUT2D eigenvalue weighted by atomic mass is 32.1. The minimum Gasteiger partial charge on any atom is -0.534 e. The molecule has 0 bridgehead atoms. The summed E-state index contributed by atoms with van der Waals surface area (Å²) in [5.74, 6) is -0.611. The van der Waals surface area contributed by atoms with Gasteiger partial charge in [-0.3, -0.25) is 10.2 Å². The molecule has 1 amide bonds. The molecule has 0 spiro atoms. The number of rotatable bonds is 3. The van der Waals surface area contributed by atoms with Crippen molar-refractivity contribution in [1.82, 2.24) is 10.3 Å². The minimum absolute atomic E-state index is 0.215. The van der Waals surface area contributed by atoms with Crippen molar-refractivity contribution < 1.29 is 14.5 Å². The summed E-state index contributed by atoms with van der Waals surface area (Å²) in [6, 6.07) is 5.68. The maximum Gasteiger partial charge on any atom is 0.547 e. The largest absolute Gasteiger partial charge is 0.547 e. The van der Waals surface area contributed by atoms with E-state index in [0.29, 0.717) is 17.3 Å². The zero-order chi connectivity index (χ0) is 16.6. The van der Waals surface area contributed by atoms with Gasteiger partial charge in [0.25, 0.3) is 5.91 Å². The van der Waals surface area contributed by atoms with Crippen LogP contribution >= 0.6 is 11.3 Å². The number of aryl methyl sites for hydroxylation is 1. The van der Waals surface area contributed by atoms with Crippen LogP contribution in [0.2, 0.25) is 0 Å². The van der Waals surface area contributed by atoms with E-state index in [1.807, 2.05) is 25.1 Å². The number of hydrogen-bond donors (Lipinski definition) is 4. The van der Waals surface area contributed by atoms with E-state index in [-0.39, 0.29) is 11.4 Å². The maximum absolute atomic E-state index is 12.2. The second-order valence-electron chi connectivity index (χ2n) is 5.30. The summed E-state index contributed by atoms with van der Waals surface area (Å²) < 4.78 is 5.50. The van der Waals surface area contributed by atoms with E-state index < -0.39 is 19.0 Å². The van der Waals surface area contributed by atoms with Crippen molar-refractivity contribution in [1.29, 1.82) is 5.41 Å². The van der Waals surface area contributed by atoms with Crippen molar-refractivity contribution in [3.63, 3.8) is 0 Å². The lowest BCUT2D eigenvalue weighted by atomic mass is 9.72. The molecule has 5 N–H and O–H groups in total. The van der Waals surface area contributed by atoms with E-state index in [1.165, 1.54) is 0 Å². The van der Waals surface area contributed by atoms with E-state index in [9.17, 15) is 9.82 Å². The summed E-state index contributed by atoms with van der Waals surface area (Å²) in [4.78, 5) is 16.1. The van der Waals surface area contributed by atoms with Crippen LogP contribution in [0, 0.1) is 12.3 Å². The maximum atomic E-state index is 12.2. The molecule has 9 heteroatoms. The third-order valence-electron chi connectivity index (χ3n) is 3.64. The van der Waals surface area contributed by atoms with Gasteiger partial charge in [-0.05, 0) is 24.5 Å². The van der Waals surface area contributed by atoms with Crippen molar-refractivity contribution in [2.45, 2.75) is 19.3 Å². The second-order valence-corrected chi connectivity index (χ2v) is 6.19. The van der Waals surface area contributed by atoms with Crippen LogP contribution in [0.4, 0.5) is 5.13 Å². The van der Waals surface area contributed by atoms with Gasteiger partial charge in [0.05, 0.1) is 5.94 Å². The number of benzene rings is 1. The number of thiazole rings is 1. The lowest BCUT2D eigenvalue weighted by molar-refractivity contribution is -0.115. The number of carbonyl (C=O) groups excluding carboxylic acids is 1. The van der Waals surface area contributed by atoms with Gasteiger partial charge >= 0.3 is 7.12 Å². The van der Waals surface area contributed by atoms with Gasteiger partial charge in [0.1, 0.15) is 17.2 Å². The molecule has 7 nitrogen and oxygen atoms in total. The monoisotopic (exact) mass is 330 g/mol. The predicted molar refractivity (Wildman–Crippen MR) is 88.8 cm³/mol. The number of nitrogen functional groups attached to an aromatic ring is 1. The number of amides is 1. The number of nitrogens with one attached hydrogen (secondary N) is 2. The van der Waals surface area contributed by atoms with E-state index in [2.05, 4.69) is 10.3 Å². The molecule has 3 rings (SSSR count). The molecule has 2 aromatic rings. The first kappa shape index (κ1) is 15.5. The zero-order valence-corrected chi connectivity index (χ0v) is 13.2. The molecule has 1 aromatic carbocycles. The molecule has 23 heavy (non-hydrogen) atoms. The van der Waals surface area contributed by atoms with Crippen molar-refractivity contribution >= 4 is 35.2 Å². The third-order valence-corrected chi connectivity index (χ3v) is 4.31. The van der Waals surface area contributed by atoms with E-state index in [4.69, 9.17) is 15.8 Å². The van der Waals surface area contributed by atoms with Gasteiger partial charge < -0.3 is 20.7 Å². The molecule has 0 aliphatic carbocycles. The molecule has 0 unspecified atom stereocenters. The normalized spacial score (nSPS) is 16.4. The molecule has 1 atom stereocenters. The number of aromatic nitrogens is 1. The Bertz CT molecular complexity index is 779. The molecule has 0 saturated heterocycles. The van der Waals surface area contributed by atoms with Crippen molar-refractivity contribution in [2.75, 3.05) is 5.73 Å². The number of fused-ring (bicyclic) bond motifs is 1. The number of anilines is 1. The summed E-state index contributed by atoms with van der Waals surface area (Å²) in [5.41, 5.74) is 7.27. The lowest BCUT2D eigenvalue weighted by Gasteiger charge is -2.29. The molecule has 118 valence electrons. The molecule has 0 radical (unpaired) electrons. The van der Waals surface area contributed by atoms with Crippen molar-refractivity contribution in [3.05, 3.63) is 40.4 Å². The van der Waals surface area contributed by atoms with Gasteiger partial charge in [-0.25, -0.2) is 4.98 Å². The summed E-state index contributed by atoms with van der Waals surface area (Å²) in [5, 5.41) is 22.4. The molecule has 2 heterocycles. The fourth-order valence-corrected chi connectivity index (χ4v) is 3.02. The average Bonchev–Trinajstić information content (AvgIpc) is 2.95. The van der Waals surface area contributed by atoms with Crippen LogP contribution < -0.4 is 15.7 Å². The first-order chi connectivity index (χ1) is 11.0. The minimum atomic E-state index is -1.17. The summed E-state index contributed by atoms with van der Waals surface area (Å²) in [6.45, 7) is 1.90. The highest BCUT2D eigenvalue weighted by molar-refractivity contribution is 7.13. The molecular formula is C14H15BN4O3S. The quantitative estimate of drug-likeness (QED) is 0.483. The lowest BCUT2D eigenvalue weighted by Crippen LogP contribution is -2.54. The van der Waals surface area contributed by atoms with Crippen LogP contribution in [-0.2, 0) is 11.2 Å². The summed E-state index contributed by atoms with van der Waals surface area (Å²) >= 11 is 1.16. The third kappa shape index (κ3) is 3.06. The standard InChI is InChI=1S/C14H15BN4O3S/c1-7-3-2-4-8-5-10(15(21)22-12(7)8)19-13(20)11(16)9-6-23-14(17)18-9/h2-4,6,10,16,21H,5H2,1H3,(H2,17,18)(H,19,20)/t10-/m0/s1. The Morgan fingerprint density at radius 3 is 3.09 bits per heavy atom. The zero-order valence-electron chi connectivity index (χ0n) is 12.4. The van der Waals surface area contributed by atoms with Crippen LogP contribution in [0.3, 0.4) is 0 Å². The molecule has 1 aliphatic rings. The Labute approximate surface area is 137 Å². The molecular weight excluding hydrogens is 315 g/mol. The first-order valence-electron chi connectivity index (χ1n) is 6.99. The van der Waals surface area contributed by atoms with E-state index in [0.717, 1.165) is 22.5 Å². The molecule has 1 aromatic heterocycles. The van der Waals surface area contributed by atoms with Gasteiger partial charge in [0.2, 0.25) is 0 Å². The van der Waals surface area contributed by atoms with Gasteiger partial charge in [-0.15, -0.1) is 11.3 Å². The van der Waals surface area contributed by atoms with E-state index in [1.54, 1.807) is 5.38 Å². The second kappa shape index (κ2) is 6.02. The highest BCUT2D eigenvalue weighted by Crippen LogP contribution is 2.29. The van der Waals surface area contributed by atoms with Crippen LogP contribution in [0.1, 0.15) is 16.8 Å². The number of carbonyl (C=O) groups is 1. The van der Waals surface area contributed by atoms with Gasteiger partial charge in [-0.2, -0.15) is 0 Å². The van der Waals surface area contributed by atoms with Crippen LogP contribution in [0.15, 0.2) is 23.6 Å². The Hall–Kier alpha value is -2.39. The van der Waals surface area contributed by atoms with Crippen LogP contribution in [-0.4, -0.2) is 34.7 Å². The Balaban J connectivity index is 1.73. The summed E-state index contributed by atoms with van der Waals surface area (Å²) in [7, 11) is -1.17. The first-order valence-corrected chi connectivity index (χ1v) is 7.87. The topological polar surface area (TPSA) is 121 Å². The van der Waals surface area contributed by atoms with Crippen molar-refractivity contribution in [2.24, 2.45) is 0 Å². The van der Waals surface area contributed by atoms with Gasteiger partial charge in [-0.1, -0.05) is 18.2 Å². The van der Waals surface area contributed by atoms with E-state index >= 15 is 0 Å². The Morgan fingerprint density at radius 2 is 2.39 bits per heavy atom. The predicted octanol–water partition coefficient (Wildman–Crippen LogP) is 0.541. The number of nitrogens with zero attached hydrogens (tertiary/aromatic N) is 1. The Morgan fingerprint density at radius 1 is 1.61 bits per heavy atom. The molecule has 0 fully saturated rings. The fourth-order valence-electron chi connectivity index (χ4n) is 2.46.